The highest BCUT2D eigenvalue weighted by Crippen LogP contribution is 2.27. The lowest BCUT2D eigenvalue weighted by molar-refractivity contribution is 0.0451. The summed E-state index contributed by atoms with van der Waals surface area (Å²) in [5.74, 6) is 0.568. The summed E-state index contributed by atoms with van der Waals surface area (Å²) in [6.07, 6.45) is 3.43. The molecule has 1 aromatic rings. The van der Waals surface area contributed by atoms with E-state index in [1.165, 1.54) is 0 Å². The molecule has 100 valence electrons. The van der Waals surface area contributed by atoms with Crippen LogP contribution in [0.15, 0.2) is 6.20 Å². The molecule has 1 atom stereocenters. The molecule has 1 unspecified atom stereocenters. The Bertz CT molecular complexity index is 420. The first-order valence-electron chi connectivity index (χ1n) is 6.38. The van der Waals surface area contributed by atoms with E-state index in [2.05, 4.69) is 5.10 Å². The fourth-order valence-corrected chi connectivity index (χ4v) is 2.26. The van der Waals surface area contributed by atoms with Gasteiger partial charge in [0.15, 0.2) is 11.5 Å². The van der Waals surface area contributed by atoms with Crippen molar-refractivity contribution in [2.75, 3.05) is 20.3 Å². The molecule has 0 radical (unpaired) electrons. The van der Waals surface area contributed by atoms with E-state index in [0.717, 1.165) is 19.4 Å². The van der Waals surface area contributed by atoms with E-state index in [-0.39, 0.29) is 17.7 Å². The average Bonchev–Trinajstić information content (AvgIpc) is 2.82. The van der Waals surface area contributed by atoms with E-state index in [4.69, 9.17) is 9.47 Å². The smallest absolute Gasteiger partial charge is 0.190 e. The maximum Gasteiger partial charge on any atom is 0.190 e. The van der Waals surface area contributed by atoms with Gasteiger partial charge in [-0.2, -0.15) is 5.10 Å². The molecule has 0 amide bonds. The molecule has 2 heterocycles. The SMILES string of the molecule is COc1cnn(C(C)C)c1C(=O)C1CCCOC1. The van der Waals surface area contributed by atoms with Gasteiger partial charge < -0.3 is 9.47 Å². The Morgan fingerprint density at radius 3 is 2.94 bits per heavy atom. The Balaban J connectivity index is 2.29. The molecular weight excluding hydrogens is 232 g/mol. The Kier molecular flexibility index (Phi) is 4.01. The predicted octanol–water partition coefficient (Wildman–Crippen LogP) is 2.08. The lowest BCUT2D eigenvalue weighted by atomic mass is 9.95. The van der Waals surface area contributed by atoms with Crippen LogP contribution in [0.25, 0.3) is 0 Å². The predicted molar refractivity (Wildman–Crippen MR) is 67.0 cm³/mol. The van der Waals surface area contributed by atoms with Crippen molar-refractivity contribution >= 4 is 5.78 Å². The van der Waals surface area contributed by atoms with Gasteiger partial charge in [0, 0.05) is 18.6 Å². The van der Waals surface area contributed by atoms with Crippen molar-refractivity contribution in [3.8, 4) is 5.75 Å². The molecule has 0 aromatic carbocycles. The van der Waals surface area contributed by atoms with Crippen molar-refractivity contribution in [2.45, 2.75) is 32.7 Å². The number of nitrogens with zero attached hydrogens (tertiary/aromatic N) is 2. The minimum absolute atomic E-state index is 0.0677. The number of aromatic nitrogens is 2. The van der Waals surface area contributed by atoms with Crippen LogP contribution in [0.1, 0.15) is 43.2 Å². The summed E-state index contributed by atoms with van der Waals surface area (Å²) in [6.45, 7) is 5.26. The van der Waals surface area contributed by atoms with Gasteiger partial charge in [-0.15, -0.1) is 0 Å². The molecule has 1 aromatic heterocycles. The zero-order valence-corrected chi connectivity index (χ0v) is 11.2. The van der Waals surface area contributed by atoms with Crippen molar-refractivity contribution in [1.82, 2.24) is 9.78 Å². The van der Waals surface area contributed by atoms with Crippen molar-refractivity contribution in [3.05, 3.63) is 11.9 Å². The summed E-state index contributed by atoms with van der Waals surface area (Å²) in [7, 11) is 1.57. The molecule has 1 aliphatic heterocycles. The third-order valence-electron chi connectivity index (χ3n) is 3.24. The van der Waals surface area contributed by atoms with Crippen molar-refractivity contribution in [1.29, 1.82) is 0 Å². The second kappa shape index (κ2) is 5.52. The van der Waals surface area contributed by atoms with Crippen LogP contribution in [-0.4, -0.2) is 35.9 Å². The molecule has 1 aliphatic rings. The molecule has 1 fully saturated rings. The standard InChI is InChI=1S/C13H20N2O3/c1-9(2)15-12(11(17-3)7-14-15)13(16)10-5-4-6-18-8-10/h7,9-10H,4-6,8H2,1-3H3. The third kappa shape index (κ3) is 2.41. The van der Waals surface area contributed by atoms with E-state index >= 15 is 0 Å². The number of methoxy groups -OCH3 is 1. The summed E-state index contributed by atoms with van der Waals surface area (Å²) < 4.78 is 12.4. The average molecular weight is 252 g/mol. The lowest BCUT2D eigenvalue weighted by Gasteiger charge is -2.22. The maximum absolute atomic E-state index is 12.5. The lowest BCUT2D eigenvalue weighted by Crippen LogP contribution is -2.28. The topological polar surface area (TPSA) is 53.4 Å². The number of hydrogen-bond donors (Lipinski definition) is 0. The molecule has 2 rings (SSSR count). The van der Waals surface area contributed by atoms with E-state index in [1.807, 2.05) is 13.8 Å². The molecule has 5 nitrogen and oxygen atoms in total. The van der Waals surface area contributed by atoms with E-state index in [1.54, 1.807) is 18.0 Å². The summed E-state index contributed by atoms with van der Waals surface area (Å²) in [5.41, 5.74) is 0.572. The van der Waals surface area contributed by atoms with Crippen LogP contribution in [0.2, 0.25) is 0 Å². The third-order valence-corrected chi connectivity index (χ3v) is 3.24. The molecule has 18 heavy (non-hydrogen) atoms. The molecule has 0 N–H and O–H groups in total. The minimum Gasteiger partial charge on any atom is -0.493 e. The fourth-order valence-electron chi connectivity index (χ4n) is 2.26. The Morgan fingerprint density at radius 2 is 2.39 bits per heavy atom. The highest BCUT2D eigenvalue weighted by Gasteiger charge is 2.29. The number of carbonyl (C=O) groups excluding carboxylic acids is 1. The van der Waals surface area contributed by atoms with Gasteiger partial charge in [-0.25, -0.2) is 0 Å². The van der Waals surface area contributed by atoms with Gasteiger partial charge >= 0.3 is 0 Å². The first-order valence-corrected chi connectivity index (χ1v) is 6.38. The second-order valence-corrected chi connectivity index (χ2v) is 4.88. The highest BCUT2D eigenvalue weighted by atomic mass is 16.5. The van der Waals surface area contributed by atoms with Gasteiger partial charge in [0.05, 0.1) is 19.9 Å². The molecule has 0 spiro atoms. The van der Waals surface area contributed by atoms with Crippen LogP contribution in [0.4, 0.5) is 0 Å². The summed E-state index contributed by atoms with van der Waals surface area (Å²) >= 11 is 0. The van der Waals surface area contributed by atoms with Crippen LogP contribution in [0.5, 0.6) is 5.75 Å². The van der Waals surface area contributed by atoms with Crippen LogP contribution in [-0.2, 0) is 4.74 Å². The zero-order valence-electron chi connectivity index (χ0n) is 11.2. The first kappa shape index (κ1) is 13.1. The van der Waals surface area contributed by atoms with E-state index in [0.29, 0.717) is 18.1 Å². The Morgan fingerprint density at radius 1 is 1.61 bits per heavy atom. The van der Waals surface area contributed by atoms with Crippen LogP contribution in [0.3, 0.4) is 0 Å². The largest absolute Gasteiger partial charge is 0.493 e. The molecule has 1 saturated heterocycles. The monoisotopic (exact) mass is 252 g/mol. The Hall–Kier alpha value is -1.36. The van der Waals surface area contributed by atoms with Gasteiger partial charge in [0.2, 0.25) is 0 Å². The number of hydrogen-bond acceptors (Lipinski definition) is 4. The van der Waals surface area contributed by atoms with E-state index < -0.39 is 0 Å². The number of rotatable bonds is 4. The van der Waals surface area contributed by atoms with E-state index in [9.17, 15) is 4.79 Å². The van der Waals surface area contributed by atoms with Crippen molar-refractivity contribution in [3.63, 3.8) is 0 Å². The van der Waals surface area contributed by atoms with Gasteiger partial charge in [-0.3, -0.25) is 9.48 Å². The first-order chi connectivity index (χ1) is 8.65. The molecule has 0 bridgehead atoms. The number of Topliss-reactive ketones (excluding diaryl/α,β-unsaturated/α-hetero) is 1. The maximum atomic E-state index is 12.5. The number of carbonyl (C=O) groups is 1. The summed E-state index contributed by atoms with van der Waals surface area (Å²) in [4.78, 5) is 12.5. The minimum atomic E-state index is -0.0677. The van der Waals surface area contributed by atoms with Crippen molar-refractivity contribution < 1.29 is 14.3 Å². The van der Waals surface area contributed by atoms with Crippen molar-refractivity contribution in [2.24, 2.45) is 5.92 Å². The number of ketones is 1. The summed E-state index contributed by atoms with van der Waals surface area (Å²) in [6, 6.07) is 0.136. The number of ether oxygens (including phenoxy) is 2. The van der Waals surface area contributed by atoms with Gasteiger partial charge in [0.25, 0.3) is 0 Å². The summed E-state index contributed by atoms with van der Waals surface area (Å²) in [5, 5.41) is 4.23. The molecule has 0 saturated carbocycles. The van der Waals surface area contributed by atoms with Gasteiger partial charge in [0.1, 0.15) is 5.69 Å². The second-order valence-electron chi connectivity index (χ2n) is 4.88. The van der Waals surface area contributed by atoms with Crippen LogP contribution in [0, 0.1) is 5.92 Å². The van der Waals surface area contributed by atoms with Gasteiger partial charge in [-0.1, -0.05) is 0 Å². The molecular formula is C13H20N2O3. The zero-order chi connectivity index (χ0) is 13.1. The Labute approximate surface area is 107 Å². The molecule has 5 heteroatoms. The van der Waals surface area contributed by atoms with Crippen LogP contribution >= 0.6 is 0 Å². The molecule has 0 aliphatic carbocycles. The normalized spacial score (nSPS) is 20.1. The fraction of sp³-hybridized carbons (Fsp3) is 0.692. The highest BCUT2D eigenvalue weighted by molar-refractivity contribution is 5.98. The van der Waals surface area contributed by atoms with Gasteiger partial charge in [-0.05, 0) is 26.7 Å². The quantitative estimate of drug-likeness (QED) is 0.770. The van der Waals surface area contributed by atoms with Crippen LogP contribution < -0.4 is 4.74 Å².